The van der Waals surface area contributed by atoms with Crippen LogP contribution in [0.1, 0.15) is 95.0 Å². The first-order valence-electron chi connectivity index (χ1n) is 12.5. The van der Waals surface area contributed by atoms with Crippen molar-refractivity contribution < 1.29 is 9.90 Å². The van der Waals surface area contributed by atoms with Crippen molar-refractivity contribution in [3.8, 4) is 0 Å². The molecule has 7 heteroatoms. The quantitative estimate of drug-likeness (QED) is 0.255. The summed E-state index contributed by atoms with van der Waals surface area (Å²) in [6, 6.07) is 9.74. The molecule has 3 aromatic rings. The minimum atomic E-state index is -1.14. The lowest BCUT2D eigenvalue weighted by Crippen LogP contribution is -2.22. The molecule has 1 atom stereocenters. The van der Waals surface area contributed by atoms with Crippen LogP contribution in [-0.4, -0.2) is 29.7 Å². The number of nitrogens with zero attached hydrogens (tertiary/aromatic N) is 3. The number of amides is 1. The van der Waals surface area contributed by atoms with E-state index in [2.05, 4.69) is 71.5 Å². The summed E-state index contributed by atoms with van der Waals surface area (Å²) in [6.45, 7) is 12.0. The third-order valence-electron chi connectivity index (χ3n) is 7.08. The van der Waals surface area contributed by atoms with E-state index in [0.29, 0.717) is 26.9 Å². The van der Waals surface area contributed by atoms with E-state index in [1.165, 1.54) is 12.8 Å². The first-order valence-corrected chi connectivity index (χ1v) is 13.8. The first kappa shape index (κ1) is 26.1. The number of anilines is 1. The standard InChI is InChI=1S/C28H37IN4O2/c1-17(29)18-10-12-20(13-11-18)33-16-19-14-24(21(28(5,6)35)15-23(19)32-33)31-26(34)22-8-7-9-25(30-22)27(2,3)4/h7-9,14-18,20,35H,10-13H2,1-6H3,(H,31,34)/t17?,18-,20-. The van der Waals surface area contributed by atoms with Gasteiger partial charge < -0.3 is 10.4 Å². The van der Waals surface area contributed by atoms with Crippen molar-refractivity contribution in [2.45, 2.75) is 88.2 Å². The molecule has 4 rings (SSSR count). The highest BCUT2D eigenvalue weighted by Crippen LogP contribution is 2.37. The van der Waals surface area contributed by atoms with E-state index in [4.69, 9.17) is 5.10 Å². The van der Waals surface area contributed by atoms with Crippen molar-refractivity contribution in [2.75, 3.05) is 5.32 Å². The lowest BCUT2D eigenvalue weighted by Gasteiger charge is -2.30. The molecule has 1 aliphatic carbocycles. The maximum atomic E-state index is 13.2. The minimum Gasteiger partial charge on any atom is -0.386 e. The zero-order valence-corrected chi connectivity index (χ0v) is 23.8. The van der Waals surface area contributed by atoms with Gasteiger partial charge in [-0.1, -0.05) is 56.4 Å². The van der Waals surface area contributed by atoms with Crippen LogP contribution in [0, 0.1) is 5.92 Å². The van der Waals surface area contributed by atoms with Gasteiger partial charge in [-0.05, 0) is 69.7 Å². The van der Waals surface area contributed by atoms with E-state index in [1.54, 1.807) is 19.9 Å². The number of alkyl halides is 1. The highest BCUT2D eigenvalue weighted by atomic mass is 127. The van der Waals surface area contributed by atoms with E-state index in [0.717, 1.165) is 35.4 Å². The monoisotopic (exact) mass is 588 g/mol. The van der Waals surface area contributed by atoms with Crippen LogP contribution in [0.25, 0.3) is 10.9 Å². The second-order valence-corrected chi connectivity index (χ2v) is 13.4. The molecular weight excluding hydrogens is 551 g/mol. The molecule has 35 heavy (non-hydrogen) atoms. The maximum Gasteiger partial charge on any atom is 0.274 e. The highest BCUT2D eigenvalue weighted by molar-refractivity contribution is 14.1. The number of rotatable bonds is 5. The van der Waals surface area contributed by atoms with Crippen LogP contribution < -0.4 is 5.32 Å². The summed E-state index contributed by atoms with van der Waals surface area (Å²) in [4.78, 5) is 17.8. The Morgan fingerprint density at radius 1 is 1.14 bits per heavy atom. The van der Waals surface area contributed by atoms with Crippen molar-refractivity contribution in [3.05, 3.63) is 53.5 Å². The van der Waals surface area contributed by atoms with E-state index in [9.17, 15) is 9.90 Å². The fraction of sp³-hybridized carbons (Fsp3) is 0.536. The Labute approximate surface area is 222 Å². The van der Waals surface area contributed by atoms with Crippen LogP contribution >= 0.6 is 22.6 Å². The molecule has 1 aromatic carbocycles. The molecule has 6 nitrogen and oxygen atoms in total. The number of aromatic nitrogens is 3. The predicted octanol–water partition coefficient (Wildman–Crippen LogP) is 6.76. The number of pyridine rings is 1. The van der Waals surface area contributed by atoms with Crippen molar-refractivity contribution in [2.24, 2.45) is 5.92 Å². The molecule has 0 radical (unpaired) electrons. The van der Waals surface area contributed by atoms with Crippen molar-refractivity contribution in [1.29, 1.82) is 0 Å². The van der Waals surface area contributed by atoms with Gasteiger partial charge in [0.15, 0.2) is 0 Å². The SMILES string of the molecule is CC(I)[C@H]1CC[C@H](n2cc3cc(NC(=O)c4cccc(C(C)(C)C)n4)c(C(C)(C)O)cc3n2)CC1. The van der Waals surface area contributed by atoms with Crippen molar-refractivity contribution in [3.63, 3.8) is 0 Å². The average Bonchev–Trinajstić information content (AvgIpc) is 3.20. The normalized spacial score (nSPS) is 20.1. The van der Waals surface area contributed by atoms with Gasteiger partial charge in [-0.15, -0.1) is 0 Å². The van der Waals surface area contributed by atoms with Crippen LogP contribution in [0.15, 0.2) is 36.5 Å². The Balaban J connectivity index is 1.64. The summed E-state index contributed by atoms with van der Waals surface area (Å²) in [5.74, 6) is 0.491. The third-order valence-corrected chi connectivity index (χ3v) is 8.10. The number of hydrogen-bond acceptors (Lipinski definition) is 4. The molecule has 1 saturated carbocycles. The van der Waals surface area contributed by atoms with Crippen LogP contribution in [0.4, 0.5) is 5.69 Å². The van der Waals surface area contributed by atoms with Gasteiger partial charge in [-0.25, -0.2) is 4.98 Å². The molecule has 0 saturated heterocycles. The summed E-state index contributed by atoms with van der Waals surface area (Å²) in [5.41, 5.74) is 1.97. The van der Waals surface area contributed by atoms with Crippen molar-refractivity contribution in [1.82, 2.24) is 14.8 Å². The summed E-state index contributed by atoms with van der Waals surface area (Å²) in [5, 5.41) is 19.7. The Morgan fingerprint density at radius 3 is 2.43 bits per heavy atom. The van der Waals surface area contributed by atoms with Gasteiger partial charge in [0.05, 0.1) is 17.2 Å². The van der Waals surface area contributed by atoms with Crippen LogP contribution in [0.2, 0.25) is 0 Å². The summed E-state index contributed by atoms with van der Waals surface area (Å²) >= 11 is 2.54. The van der Waals surface area contributed by atoms with Gasteiger partial charge in [-0.2, -0.15) is 5.10 Å². The second kappa shape index (κ2) is 9.81. The minimum absolute atomic E-state index is 0.157. The highest BCUT2D eigenvalue weighted by Gasteiger charge is 2.27. The number of carbonyl (C=O) groups excluding carboxylic acids is 1. The van der Waals surface area contributed by atoms with Gasteiger partial charge in [0.1, 0.15) is 5.69 Å². The number of carbonyl (C=O) groups is 1. The van der Waals surface area contributed by atoms with E-state index >= 15 is 0 Å². The predicted molar refractivity (Wildman–Crippen MR) is 150 cm³/mol. The van der Waals surface area contributed by atoms with Gasteiger partial charge in [-0.3, -0.25) is 9.48 Å². The topological polar surface area (TPSA) is 80.0 Å². The summed E-state index contributed by atoms with van der Waals surface area (Å²) < 4.78 is 2.79. The Morgan fingerprint density at radius 2 is 1.83 bits per heavy atom. The Kier molecular flexibility index (Phi) is 7.31. The van der Waals surface area contributed by atoms with E-state index < -0.39 is 5.60 Å². The number of halogens is 1. The molecule has 188 valence electrons. The molecule has 2 aromatic heterocycles. The van der Waals surface area contributed by atoms with Crippen LogP contribution in [-0.2, 0) is 11.0 Å². The molecule has 0 spiro atoms. The molecule has 1 fully saturated rings. The maximum absolute atomic E-state index is 13.2. The lowest BCUT2D eigenvalue weighted by atomic mass is 9.84. The molecule has 0 aliphatic heterocycles. The van der Waals surface area contributed by atoms with Gasteiger partial charge in [0, 0.05) is 37.9 Å². The number of benzene rings is 1. The molecular formula is C28H37IN4O2. The number of nitrogens with one attached hydrogen (secondary N) is 1. The number of fused-ring (bicyclic) bond motifs is 1. The van der Waals surface area contributed by atoms with Gasteiger partial charge in [0.25, 0.3) is 5.91 Å². The van der Waals surface area contributed by atoms with Crippen molar-refractivity contribution >= 4 is 45.1 Å². The zero-order chi connectivity index (χ0) is 25.5. The fourth-order valence-corrected chi connectivity index (χ4v) is 5.60. The Hall–Kier alpha value is -2.00. The molecule has 2 N–H and O–H groups in total. The Bertz CT molecular complexity index is 1210. The number of aliphatic hydroxyl groups is 1. The molecule has 1 aliphatic rings. The third kappa shape index (κ3) is 5.88. The van der Waals surface area contributed by atoms with Gasteiger partial charge >= 0.3 is 0 Å². The van der Waals surface area contributed by atoms with Gasteiger partial charge in [0.2, 0.25) is 0 Å². The first-order chi connectivity index (χ1) is 16.3. The van der Waals surface area contributed by atoms with E-state index in [-0.39, 0.29) is 11.3 Å². The second-order valence-electron chi connectivity index (χ2n) is 11.5. The fourth-order valence-electron chi connectivity index (χ4n) is 4.88. The smallest absolute Gasteiger partial charge is 0.274 e. The molecule has 1 unspecified atom stereocenters. The average molecular weight is 589 g/mol. The molecule has 2 heterocycles. The molecule has 1 amide bonds. The molecule has 0 bridgehead atoms. The zero-order valence-electron chi connectivity index (χ0n) is 21.6. The van der Waals surface area contributed by atoms with Crippen LogP contribution in [0.3, 0.4) is 0 Å². The summed E-state index contributed by atoms with van der Waals surface area (Å²) in [6.07, 6.45) is 6.78. The number of hydrogen-bond donors (Lipinski definition) is 2. The summed E-state index contributed by atoms with van der Waals surface area (Å²) in [7, 11) is 0. The largest absolute Gasteiger partial charge is 0.386 e. The van der Waals surface area contributed by atoms with E-state index in [1.807, 2.05) is 24.3 Å². The lowest BCUT2D eigenvalue weighted by molar-refractivity contribution is 0.0793. The van der Waals surface area contributed by atoms with Crippen LogP contribution in [0.5, 0.6) is 0 Å².